The second kappa shape index (κ2) is 7.42. The van der Waals surface area contributed by atoms with Crippen molar-refractivity contribution in [2.45, 2.75) is 47.1 Å². The van der Waals surface area contributed by atoms with Gasteiger partial charge >= 0.3 is 0 Å². The van der Waals surface area contributed by atoms with Gasteiger partial charge in [-0.1, -0.05) is 45.7 Å². The summed E-state index contributed by atoms with van der Waals surface area (Å²) in [4.78, 5) is 2.53. The molecule has 0 heterocycles. The zero-order chi connectivity index (χ0) is 13.5. The van der Waals surface area contributed by atoms with E-state index >= 15 is 0 Å². The number of aryl methyl sites for hydroxylation is 1. The first kappa shape index (κ1) is 15.0. The fourth-order valence-corrected chi connectivity index (χ4v) is 2.31. The van der Waals surface area contributed by atoms with Crippen molar-refractivity contribution in [3.8, 4) is 0 Å². The average Bonchev–Trinajstić information content (AvgIpc) is 2.38. The summed E-state index contributed by atoms with van der Waals surface area (Å²) in [5.74, 6) is 0.819. The maximum Gasteiger partial charge on any atom is 0.0343 e. The molecule has 1 aromatic carbocycles. The average molecular weight is 248 g/mol. The summed E-state index contributed by atoms with van der Waals surface area (Å²) in [7, 11) is 0. The van der Waals surface area contributed by atoms with E-state index in [9.17, 15) is 0 Å². The number of nitrogens with zero attached hydrogens (tertiary/aromatic N) is 1. The number of nitrogen functional groups attached to an aromatic ring is 1. The summed E-state index contributed by atoms with van der Waals surface area (Å²) < 4.78 is 0. The van der Waals surface area contributed by atoms with Crippen LogP contribution in [0.3, 0.4) is 0 Å². The molecule has 0 aliphatic carbocycles. The summed E-state index contributed by atoms with van der Waals surface area (Å²) in [5, 5.41) is 0. The summed E-state index contributed by atoms with van der Waals surface area (Å²) in [6, 6.07) is 6.39. The van der Waals surface area contributed by atoms with Crippen molar-refractivity contribution in [3.63, 3.8) is 0 Å². The van der Waals surface area contributed by atoms with Crippen molar-refractivity contribution in [1.82, 2.24) is 4.90 Å². The van der Waals surface area contributed by atoms with Crippen LogP contribution >= 0.6 is 0 Å². The molecule has 2 nitrogen and oxygen atoms in total. The van der Waals surface area contributed by atoms with Crippen molar-refractivity contribution < 1.29 is 0 Å². The summed E-state index contributed by atoms with van der Waals surface area (Å²) >= 11 is 0. The van der Waals surface area contributed by atoms with Crippen LogP contribution in [0.2, 0.25) is 0 Å². The predicted octanol–water partition coefficient (Wildman–Crippen LogP) is 3.84. The Labute approximate surface area is 112 Å². The molecule has 0 unspecified atom stereocenters. The zero-order valence-corrected chi connectivity index (χ0v) is 12.4. The van der Waals surface area contributed by atoms with E-state index in [1.54, 1.807) is 0 Å². The quantitative estimate of drug-likeness (QED) is 0.743. The molecule has 0 radical (unpaired) electrons. The lowest BCUT2D eigenvalue weighted by atomic mass is 10.0. The van der Waals surface area contributed by atoms with Crippen LogP contribution in [-0.2, 0) is 6.54 Å². The van der Waals surface area contributed by atoms with Crippen molar-refractivity contribution >= 4 is 5.69 Å². The van der Waals surface area contributed by atoms with Crippen molar-refractivity contribution in [2.24, 2.45) is 5.92 Å². The van der Waals surface area contributed by atoms with Gasteiger partial charge in [0.15, 0.2) is 0 Å². The molecule has 1 rings (SSSR count). The molecule has 18 heavy (non-hydrogen) atoms. The first-order chi connectivity index (χ1) is 8.60. The predicted molar refractivity (Wildman–Crippen MR) is 80.6 cm³/mol. The van der Waals surface area contributed by atoms with E-state index in [1.165, 1.54) is 30.5 Å². The first-order valence-corrected chi connectivity index (χ1v) is 7.18. The molecule has 0 aromatic heterocycles. The van der Waals surface area contributed by atoms with Gasteiger partial charge in [0, 0.05) is 18.8 Å². The van der Waals surface area contributed by atoms with Crippen molar-refractivity contribution in [3.05, 3.63) is 29.3 Å². The molecule has 0 spiro atoms. The highest BCUT2D eigenvalue weighted by Gasteiger charge is 2.10. The molecule has 0 amide bonds. The standard InChI is InChI=1S/C16H28N2/c1-5-14(6-2)11-18(7-3)12-15-8-9-16(17)13(4)10-15/h8-10,14H,5-7,11-12,17H2,1-4H3. The molecule has 0 aliphatic heterocycles. The Balaban J connectivity index is 2.64. The molecular formula is C16H28N2. The number of rotatable bonds is 7. The smallest absolute Gasteiger partial charge is 0.0343 e. The molecule has 1 aromatic rings. The lowest BCUT2D eigenvalue weighted by Gasteiger charge is -2.25. The van der Waals surface area contributed by atoms with Gasteiger partial charge < -0.3 is 5.73 Å². The van der Waals surface area contributed by atoms with E-state index in [2.05, 4.69) is 44.7 Å². The van der Waals surface area contributed by atoms with Crippen LogP contribution in [0.1, 0.15) is 44.7 Å². The molecule has 0 aliphatic rings. The molecular weight excluding hydrogens is 220 g/mol. The molecule has 0 saturated heterocycles. The minimum absolute atomic E-state index is 0.819. The van der Waals surface area contributed by atoms with Gasteiger partial charge in [0.25, 0.3) is 0 Å². The Bertz CT molecular complexity index is 356. The first-order valence-electron chi connectivity index (χ1n) is 7.18. The molecule has 2 N–H and O–H groups in total. The van der Waals surface area contributed by atoms with Crippen LogP contribution in [-0.4, -0.2) is 18.0 Å². The number of anilines is 1. The highest BCUT2D eigenvalue weighted by molar-refractivity contribution is 5.47. The van der Waals surface area contributed by atoms with Crippen molar-refractivity contribution in [1.29, 1.82) is 0 Å². The fraction of sp³-hybridized carbons (Fsp3) is 0.625. The van der Waals surface area contributed by atoms with E-state index in [0.717, 1.165) is 24.7 Å². The Morgan fingerprint density at radius 3 is 2.33 bits per heavy atom. The lowest BCUT2D eigenvalue weighted by molar-refractivity contribution is 0.226. The number of hydrogen-bond acceptors (Lipinski definition) is 2. The Morgan fingerprint density at radius 1 is 1.17 bits per heavy atom. The van der Waals surface area contributed by atoms with Gasteiger partial charge in [0.1, 0.15) is 0 Å². The van der Waals surface area contributed by atoms with E-state index in [0.29, 0.717) is 0 Å². The largest absolute Gasteiger partial charge is 0.399 e. The summed E-state index contributed by atoms with van der Waals surface area (Å²) in [6.07, 6.45) is 2.54. The van der Waals surface area contributed by atoms with Crippen LogP contribution in [0.15, 0.2) is 18.2 Å². The number of benzene rings is 1. The highest BCUT2D eigenvalue weighted by atomic mass is 15.1. The molecule has 0 atom stereocenters. The van der Waals surface area contributed by atoms with Gasteiger partial charge in [0.2, 0.25) is 0 Å². The summed E-state index contributed by atoms with van der Waals surface area (Å²) in [6.45, 7) is 12.2. The van der Waals surface area contributed by atoms with Gasteiger partial charge in [-0.3, -0.25) is 4.90 Å². The van der Waals surface area contributed by atoms with Crippen LogP contribution < -0.4 is 5.73 Å². The monoisotopic (exact) mass is 248 g/mol. The van der Waals surface area contributed by atoms with E-state index < -0.39 is 0 Å². The maximum atomic E-state index is 5.86. The third-order valence-corrected chi connectivity index (χ3v) is 3.86. The number of nitrogens with two attached hydrogens (primary N) is 1. The van der Waals surface area contributed by atoms with Gasteiger partial charge in [0.05, 0.1) is 0 Å². The second-order valence-corrected chi connectivity index (χ2v) is 5.20. The van der Waals surface area contributed by atoms with Crippen LogP contribution in [0.4, 0.5) is 5.69 Å². The molecule has 102 valence electrons. The molecule has 0 bridgehead atoms. The maximum absolute atomic E-state index is 5.86. The van der Waals surface area contributed by atoms with E-state index in [4.69, 9.17) is 5.73 Å². The second-order valence-electron chi connectivity index (χ2n) is 5.20. The molecule has 0 saturated carbocycles. The van der Waals surface area contributed by atoms with Gasteiger partial charge in [-0.25, -0.2) is 0 Å². The minimum Gasteiger partial charge on any atom is -0.399 e. The zero-order valence-electron chi connectivity index (χ0n) is 12.4. The highest BCUT2D eigenvalue weighted by Crippen LogP contribution is 2.16. The van der Waals surface area contributed by atoms with Crippen molar-refractivity contribution in [2.75, 3.05) is 18.8 Å². The van der Waals surface area contributed by atoms with Gasteiger partial charge in [-0.2, -0.15) is 0 Å². The van der Waals surface area contributed by atoms with Crippen LogP contribution in [0.5, 0.6) is 0 Å². The lowest BCUT2D eigenvalue weighted by Crippen LogP contribution is -2.28. The Kier molecular flexibility index (Phi) is 6.20. The molecule has 2 heteroatoms. The SMILES string of the molecule is CCC(CC)CN(CC)Cc1ccc(N)c(C)c1. The number of hydrogen-bond donors (Lipinski definition) is 1. The Hall–Kier alpha value is -1.02. The van der Waals surface area contributed by atoms with E-state index in [1.807, 2.05) is 6.07 Å². The third-order valence-electron chi connectivity index (χ3n) is 3.86. The van der Waals surface area contributed by atoms with Gasteiger partial charge in [-0.05, 0) is 36.6 Å². The Morgan fingerprint density at radius 2 is 1.83 bits per heavy atom. The topological polar surface area (TPSA) is 29.3 Å². The van der Waals surface area contributed by atoms with E-state index in [-0.39, 0.29) is 0 Å². The third kappa shape index (κ3) is 4.34. The molecule has 0 fully saturated rings. The normalized spacial score (nSPS) is 11.4. The van der Waals surface area contributed by atoms with Crippen LogP contribution in [0, 0.1) is 12.8 Å². The van der Waals surface area contributed by atoms with Gasteiger partial charge in [-0.15, -0.1) is 0 Å². The fourth-order valence-electron chi connectivity index (χ4n) is 2.31. The minimum atomic E-state index is 0.819. The van der Waals surface area contributed by atoms with Crippen LogP contribution in [0.25, 0.3) is 0 Å². The summed E-state index contributed by atoms with van der Waals surface area (Å²) in [5.41, 5.74) is 9.31.